The van der Waals surface area contributed by atoms with Crippen LogP contribution in [0.2, 0.25) is 0 Å². The summed E-state index contributed by atoms with van der Waals surface area (Å²) in [6.45, 7) is 4.37. The van der Waals surface area contributed by atoms with Gasteiger partial charge >= 0.3 is 5.97 Å². The fraction of sp³-hybridized carbons (Fsp3) is 0.536. The molecule has 0 bridgehead atoms. The minimum atomic E-state index is -1.08. The van der Waals surface area contributed by atoms with Gasteiger partial charge in [-0.2, -0.15) is 11.8 Å². The number of amides is 3. The molecule has 2 heterocycles. The van der Waals surface area contributed by atoms with Crippen LogP contribution in [0.25, 0.3) is 10.9 Å². The smallest absolute Gasteiger partial charge is 0.326 e. The number of carbonyl (C=O) groups excluding carboxylic acids is 3. The lowest BCUT2D eigenvalue weighted by atomic mass is 10.0. The summed E-state index contributed by atoms with van der Waals surface area (Å²) in [7, 11) is 0. The molecule has 212 valence electrons. The minimum absolute atomic E-state index is 0.113. The van der Waals surface area contributed by atoms with E-state index in [4.69, 9.17) is 0 Å². The Labute approximate surface area is 233 Å². The highest BCUT2D eigenvalue weighted by Gasteiger charge is 2.32. The van der Waals surface area contributed by atoms with Crippen molar-refractivity contribution in [2.45, 2.75) is 70.7 Å². The van der Waals surface area contributed by atoms with Gasteiger partial charge in [0, 0.05) is 24.5 Å². The molecule has 1 aromatic carbocycles. The number of hydrogen-bond acceptors (Lipinski definition) is 7. The second kappa shape index (κ2) is 14.8. The highest BCUT2D eigenvalue weighted by atomic mass is 32.2. The number of carboxylic acids is 1. The van der Waals surface area contributed by atoms with Gasteiger partial charge in [0.25, 0.3) is 0 Å². The van der Waals surface area contributed by atoms with Crippen LogP contribution in [-0.2, 0) is 25.7 Å². The summed E-state index contributed by atoms with van der Waals surface area (Å²) in [5.74, 6) is -1.11. The van der Waals surface area contributed by atoms with Gasteiger partial charge in [-0.15, -0.1) is 0 Å². The molecule has 3 rings (SSSR count). The van der Waals surface area contributed by atoms with Crippen LogP contribution in [-0.4, -0.2) is 75.5 Å². The number of carbonyl (C=O) groups is 4. The van der Waals surface area contributed by atoms with Crippen molar-refractivity contribution < 1.29 is 24.3 Å². The molecule has 3 amide bonds. The van der Waals surface area contributed by atoms with E-state index < -0.39 is 30.1 Å². The molecular formula is C28H39N5O5S. The van der Waals surface area contributed by atoms with Crippen LogP contribution in [0.15, 0.2) is 36.5 Å². The Kier molecular flexibility index (Phi) is 11.5. The van der Waals surface area contributed by atoms with E-state index in [1.165, 1.54) is 11.8 Å². The van der Waals surface area contributed by atoms with Crippen molar-refractivity contribution in [3.8, 4) is 0 Å². The first-order valence-electron chi connectivity index (χ1n) is 13.4. The second-order valence-electron chi connectivity index (χ2n) is 10.1. The molecule has 11 heteroatoms. The zero-order valence-corrected chi connectivity index (χ0v) is 23.6. The van der Waals surface area contributed by atoms with Crippen LogP contribution in [0.5, 0.6) is 0 Å². The molecule has 1 saturated heterocycles. The number of benzene rings is 1. The molecule has 4 atom stereocenters. The van der Waals surface area contributed by atoms with Crippen LogP contribution in [0.1, 0.15) is 51.5 Å². The maximum absolute atomic E-state index is 13.2. The van der Waals surface area contributed by atoms with Crippen molar-refractivity contribution in [1.82, 2.24) is 25.8 Å². The number of para-hydroxylation sites is 1. The van der Waals surface area contributed by atoms with Crippen LogP contribution in [0, 0.1) is 5.92 Å². The van der Waals surface area contributed by atoms with E-state index in [1.54, 1.807) is 6.20 Å². The van der Waals surface area contributed by atoms with E-state index in [0.717, 1.165) is 22.9 Å². The van der Waals surface area contributed by atoms with E-state index in [0.29, 0.717) is 38.0 Å². The standard InChI is InChI=1S/C28H39N5O5S/c1-4-18(2)15-24(32-27(36)22-9-10-25(34)30-22)33(17-26(35)31-23(28(37)38)12-14-39-3)16-19-11-13-29-21-8-6-5-7-20(19)21/h5-8,11,13,18,22-24H,4,9-10,12,14-17H2,1-3H3,(H,30,34)(H,31,35)(H,32,36)(H,37,38)/t18-,22-,23-,24?/m0/s1. The van der Waals surface area contributed by atoms with Gasteiger partial charge in [0.2, 0.25) is 17.7 Å². The molecule has 0 saturated carbocycles. The summed E-state index contributed by atoms with van der Waals surface area (Å²) in [5.41, 5.74) is 1.75. The largest absolute Gasteiger partial charge is 0.480 e. The number of fused-ring (bicyclic) bond motifs is 1. The van der Waals surface area contributed by atoms with Gasteiger partial charge in [-0.1, -0.05) is 38.5 Å². The lowest BCUT2D eigenvalue weighted by Gasteiger charge is -2.34. The third-order valence-electron chi connectivity index (χ3n) is 7.09. The molecule has 1 aliphatic heterocycles. The quantitative estimate of drug-likeness (QED) is 0.245. The fourth-order valence-corrected chi connectivity index (χ4v) is 5.10. The highest BCUT2D eigenvalue weighted by Crippen LogP contribution is 2.22. The number of nitrogens with one attached hydrogen (secondary N) is 3. The average molecular weight is 558 g/mol. The Balaban J connectivity index is 1.90. The summed E-state index contributed by atoms with van der Waals surface area (Å²) in [5, 5.41) is 19.0. The number of rotatable bonds is 15. The number of aromatic nitrogens is 1. The monoisotopic (exact) mass is 557 g/mol. The first kappa shape index (κ1) is 30.4. The maximum Gasteiger partial charge on any atom is 0.326 e. The highest BCUT2D eigenvalue weighted by molar-refractivity contribution is 7.98. The number of nitrogens with zero attached hydrogens (tertiary/aromatic N) is 2. The van der Waals surface area contributed by atoms with E-state index in [9.17, 15) is 24.3 Å². The molecule has 1 aromatic heterocycles. The number of hydrogen-bond donors (Lipinski definition) is 4. The van der Waals surface area contributed by atoms with Crippen molar-refractivity contribution in [3.63, 3.8) is 0 Å². The Morgan fingerprint density at radius 2 is 2.00 bits per heavy atom. The molecule has 0 spiro atoms. The first-order chi connectivity index (χ1) is 18.7. The second-order valence-corrected chi connectivity index (χ2v) is 11.0. The molecule has 10 nitrogen and oxygen atoms in total. The Bertz CT molecular complexity index is 1160. The van der Waals surface area contributed by atoms with Crippen molar-refractivity contribution in [2.24, 2.45) is 5.92 Å². The lowest BCUT2D eigenvalue weighted by molar-refractivity contribution is -0.142. The van der Waals surface area contributed by atoms with Crippen LogP contribution >= 0.6 is 11.8 Å². The van der Waals surface area contributed by atoms with E-state index in [1.807, 2.05) is 41.5 Å². The summed E-state index contributed by atoms with van der Waals surface area (Å²) >= 11 is 1.52. The van der Waals surface area contributed by atoms with E-state index in [-0.39, 0.29) is 24.3 Å². The van der Waals surface area contributed by atoms with Crippen molar-refractivity contribution in [2.75, 3.05) is 18.6 Å². The molecule has 39 heavy (non-hydrogen) atoms. The van der Waals surface area contributed by atoms with Crippen LogP contribution in [0.4, 0.5) is 0 Å². The Morgan fingerprint density at radius 1 is 1.23 bits per heavy atom. The molecule has 0 radical (unpaired) electrons. The summed E-state index contributed by atoms with van der Waals surface area (Å²) in [6.07, 6.45) is 5.57. The maximum atomic E-state index is 13.2. The van der Waals surface area contributed by atoms with E-state index in [2.05, 4.69) is 34.8 Å². The summed E-state index contributed by atoms with van der Waals surface area (Å²) in [6, 6.07) is 8.00. The third-order valence-corrected chi connectivity index (χ3v) is 7.73. The van der Waals surface area contributed by atoms with E-state index >= 15 is 0 Å². The van der Waals surface area contributed by atoms with Crippen molar-refractivity contribution in [3.05, 3.63) is 42.1 Å². The van der Waals surface area contributed by atoms with Gasteiger partial charge < -0.3 is 21.1 Å². The predicted molar refractivity (Wildman–Crippen MR) is 152 cm³/mol. The number of aliphatic carboxylic acids is 1. The van der Waals surface area contributed by atoms with Gasteiger partial charge in [0.1, 0.15) is 12.1 Å². The lowest BCUT2D eigenvalue weighted by Crippen LogP contribution is -2.56. The summed E-state index contributed by atoms with van der Waals surface area (Å²) in [4.78, 5) is 56.2. The fourth-order valence-electron chi connectivity index (χ4n) is 4.63. The molecule has 4 N–H and O–H groups in total. The zero-order valence-electron chi connectivity index (χ0n) is 22.8. The van der Waals surface area contributed by atoms with Gasteiger partial charge in [0.05, 0.1) is 18.2 Å². The number of pyridine rings is 1. The first-order valence-corrected chi connectivity index (χ1v) is 14.8. The minimum Gasteiger partial charge on any atom is -0.480 e. The van der Waals surface area contributed by atoms with Crippen molar-refractivity contribution in [1.29, 1.82) is 0 Å². The SMILES string of the molecule is CC[C@H](C)CC(NC(=O)[C@@H]1CCC(=O)N1)N(CC(=O)N[C@@H](CCSC)C(=O)O)Cc1ccnc2ccccc12. The molecule has 1 fully saturated rings. The van der Waals surface area contributed by atoms with Crippen LogP contribution < -0.4 is 16.0 Å². The average Bonchev–Trinajstić information content (AvgIpc) is 3.36. The normalized spacial score (nSPS) is 17.4. The molecule has 1 aliphatic rings. The number of thioether (sulfide) groups is 1. The van der Waals surface area contributed by atoms with Gasteiger partial charge in [-0.3, -0.25) is 24.3 Å². The zero-order chi connectivity index (χ0) is 28.4. The van der Waals surface area contributed by atoms with Gasteiger partial charge in [0.15, 0.2) is 0 Å². The van der Waals surface area contributed by atoms with Gasteiger partial charge in [-0.05, 0) is 54.9 Å². The topological polar surface area (TPSA) is 141 Å². The van der Waals surface area contributed by atoms with Gasteiger partial charge in [-0.25, -0.2) is 4.79 Å². The molecule has 0 aliphatic carbocycles. The Hall–Kier alpha value is -3.18. The predicted octanol–water partition coefficient (Wildman–Crippen LogP) is 2.52. The Morgan fingerprint density at radius 3 is 2.67 bits per heavy atom. The molecule has 2 aromatic rings. The number of carboxylic acid groups (broad SMARTS) is 1. The van der Waals surface area contributed by atoms with Crippen LogP contribution in [0.3, 0.4) is 0 Å². The molecule has 1 unspecified atom stereocenters. The summed E-state index contributed by atoms with van der Waals surface area (Å²) < 4.78 is 0. The van der Waals surface area contributed by atoms with Crippen molar-refractivity contribution >= 4 is 46.4 Å². The third kappa shape index (κ3) is 8.93. The molecular weight excluding hydrogens is 518 g/mol.